The lowest BCUT2D eigenvalue weighted by Crippen LogP contribution is -2.07. The summed E-state index contributed by atoms with van der Waals surface area (Å²) in [4.78, 5) is 2.49. The lowest BCUT2D eigenvalue weighted by molar-refractivity contribution is -0.140. The Morgan fingerprint density at radius 2 is 1.73 bits per heavy atom. The number of alkyl halides is 3. The van der Waals surface area contributed by atoms with E-state index in [1.54, 1.807) is 35.7 Å². The molecule has 0 fully saturated rings. The Morgan fingerprint density at radius 1 is 1.05 bits per heavy atom. The zero-order chi connectivity index (χ0) is 15.9. The van der Waals surface area contributed by atoms with E-state index in [4.69, 9.17) is 11.6 Å². The molecular formula is C15H8BrClF3NS. The maximum atomic E-state index is 13.3. The molecule has 0 aliphatic rings. The number of nitrogens with one attached hydrogen (secondary N) is 1. The second-order valence-electron chi connectivity index (χ2n) is 4.62. The summed E-state index contributed by atoms with van der Waals surface area (Å²) in [6.45, 7) is 0. The van der Waals surface area contributed by atoms with E-state index in [9.17, 15) is 13.2 Å². The molecule has 114 valence electrons. The molecule has 0 aliphatic carbocycles. The van der Waals surface area contributed by atoms with Gasteiger partial charge in [-0.05, 0) is 56.7 Å². The molecule has 2 aromatic heterocycles. The number of rotatable bonds is 2. The van der Waals surface area contributed by atoms with Crippen LogP contribution in [0.1, 0.15) is 5.69 Å². The van der Waals surface area contributed by atoms with Gasteiger partial charge in [-0.15, -0.1) is 11.3 Å². The van der Waals surface area contributed by atoms with Gasteiger partial charge in [0.05, 0.1) is 3.79 Å². The Hall–Kier alpha value is -1.24. The number of aromatic amines is 1. The minimum absolute atomic E-state index is 0.138. The van der Waals surface area contributed by atoms with Gasteiger partial charge in [-0.1, -0.05) is 23.7 Å². The molecular weight excluding hydrogens is 399 g/mol. The molecule has 3 aromatic rings. The minimum atomic E-state index is -4.45. The molecule has 22 heavy (non-hydrogen) atoms. The Labute approximate surface area is 141 Å². The Kier molecular flexibility index (Phi) is 4.09. The summed E-state index contributed by atoms with van der Waals surface area (Å²) in [5.74, 6) is 0. The van der Waals surface area contributed by atoms with Crippen LogP contribution < -0.4 is 0 Å². The van der Waals surface area contributed by atoms with Crippen LogP contribution >= 0.6 is 38.9 Å². The van der Waals surface area contributed by atoms with E-state index in [2.05, 4.69) is 20.9 Å². The summed E-state index contributed by atoms with van der Waals surface area (Å²) in [6.07, 6.45) is -4.45. The first kappa shape index (κ1) is 15.6. The van der Waals surface area contributed by atoms with Crippen molar-refractivity contribution in [3.05, 3.63) is 56.3 Å². The summed E-state index contributed by atoms with van der Waals surface area (Å²) >= 11 is 10.4. The van der Waals surface area contributed by atoms with Gasteiger partial charge >= 0.3 is 6.18 Å². The van der Waals surface area contributed by atoms with Crippen LogP contribution in [0, 0.1) is 0 Å². The fourth-order valence-corrected chi connectivity index (χ4v) is 3.42. The fraction of sp³-hybridized carbons (Fsp3) is 0.0667. The molecule has 0 saturated carbocycles. The normalized spacial score (nSPS) is 11.9. The molecule has 0 radical (unpaired) electrons. The van der Waals surface area contributed by atoms with Gasteiger partial charge in [0.1, 0.15) is 5.69 Å². The van der Waals surface area contributed by atoms with E-state index in [0.717, 1.165) is 3.79 Å². The molecule has 0 saturated heterocycles. The SMILES string of the molecule is FC(F)(F)c1[nH]c(-c2ccc(Cl)cc2)cc1-c1csc(Br)c1. The summed E-state index contributed by atoms with van der Waals surface area (Å²) in [6, 6.07) is 9.84. The highest BCUT2D eigenvalue weighted by Gasteiger charge is 2.36. The largest absolute Gasteiger partial charge is 0.431 e. The van der Waals surface area contributed by atoms with Crippen LogP contribution in [-0.4, -0.2) is 4.98 Å². The number of H-pyrrole nitrogens is 1. The highest BCUT2D eigenvalue weighted by Crippen LogP contribution is 2.41. The van der Waals surface area contributed by atoms with Gasteiger partial charge < -0.3 is 4.98 Å². The molecule has 0 aliphatic heterocycles. The third kappa shape index (κ3) is 3.09. The van der Waals surface area contributed by atoms with Crippen molar-refractivity contribution in [2.75, 3.05) is 0 Å². The van der Waals surface area contributed by atoms with Crippen LogP contribution in [0.4, 0.5) is 13.2 Å². The van der Waals surface area contributed by atoms with Crippen molar-refractivity contribution in [3.8, 4) is 22.4 Å². The number of hydrogen-bond acceptors (Lipinski definition) is 1. The number of halogens is 5. The van der Waals surface area contributed by atoms with E-state index in [1.807, 2.05) is 0 Å². The zero-order valence-electron chi connectivity index (χ0n) is 10.8. The Bertz CT molecular complexity index is 805. The van der Waals surface area contributed by atoms with Crippen molar-refractivity contribution in [1.29, 1.82) is 0 Å². The molecule has 0 amide bonds. The zero-order valence-corrected chi connectivity index (χ0v) is 14.0. The van der Waals surface area contributed by atoms with E-state index in [1.165, 1.54) is 17.4 Å². The maximum Gasteiger partial charge on any atom is 0.431 e. The minimum Gasteiger partial charge on any atom is -0.350 e. The van der Waals surface area contributed by atoms with Crippen molar-refractivity contribution in [2.24, 2.45) is 0 Å². The summed E-state index contributed by atoms with van der Waals surface area (Å²) in [5, 5.41) is 2.22. The third-order valence-electron chi connectivity index (χ3n) is 3.13. The molecule has 1 aromatic carbocycles. The molecule has 3 rings (SSSR count). The number of aromatic nitrogens is 1. The fourth-order valence-electron chi connectivity index (χ4n) is 2.14. The first-order valence-electron chi connectivity index (χ1n) is 6.15. The maximum absolute atomic E-state index is 13.3. The van der Waals surface area contributed by atoms with E-state index >= 15 is 0 Å². The van der Waals surface area contributed by atoms with Gasteiger partial charge in [0.15, 0.2) is 0 Å². The molecule has 2 heterocycles. The van der Waals surface area contributed by atoms with Gasteiger partial charge in [0, 0.05) is 16.3 Å². The first-order chi connectivity index (χ1) is 10.3. The van der Waals surface area contributed by atoms with Crippen LogP contribution in [0.2, 0.25) is 5.02 Å². The summed E-state index contributed by atoms with van der Waals surface area (Å²) < 4.78 is 40.6. The topological polar surface area (TPSA) is 15.8 Å². The van der Waals surface area contributed by atoms with E-state index in [0.29, 0.717) is 21.8 Å². The average molecular weight is 407 g/mol. The standard InChI is InChI=1S/C15H8BrClF3NS/c16-13-5-9(7-22-13)11-6-12(21-14(11)15(18,19)20)8-1-3-10(17)4-2-8/h1-7,21H. The Morgan fingerprint density at radius 3 is 2.27 bits per heavy atom. The third-order valence-corrected chi connectivity index (χ3v) is 4.89. The van der Waals surface area contributed by atoms with Crippen molar-refractivity contribution in [1.82, 2.24) is 4.98 Å². The summed E-state index contributed by atoms with van der Waals surface area (Å²) in [7, 11) is 0. The molecule has 0 unspecified atom stereocenters. The number of hydrogen-bond donors (Lipinski definition) is 1. The van der Waals surface area contributed by atoms with E-state index in [-0.39, 0.29) is 5.56 Å². The van der Waals surface area contributed by atoms with Crippen LogP contribution in [0.3, 0.4) is 0 Å². The van der Waals surface area contributed by atoms with Crippen molar-refractivity contribution >= 4 is 38.9 Å². The monoisotopic (exact) mass is 405 g/mol. The van der Waals surface area contributed by atoms with Crippen LogP contribution in [0.25, 0.3) is 22.4 Å². The summed E-state index contributed by atoms with van der Waals surface area (Å²) in [5.41, 5.74) is 0.972. The van der Waals surface area contributed by atoms with Gasteiger partial charge in [-0.25, -0.2) is 0 Å². The second kappa shape index (κ2) is 5.76. The molecule has 1 nitrogen and oxygen atoms in total. The lowest BCUT2D eigenvalue weighted by Gasteiger charge is -2.06. The van der Waals surface area contributed by atoms with Crippen molar-refractivity contribution in [3.63, 3.8) is 0 Å². The average Bonchev–Trinajstić information content (AvgIpc) is 3.05. The molecule has 0 spiro atoms. The van der Waals surface area contributed by atoms with Crippen LogP contribution in [0.15, 0.2) is 45.6 Å². The van der Waals surface area contributed by atoms with Gasteiger partial charge in [0.2, 0.25) is 0 Å². The molecule has 0 atom stereocenters. The number of benzene rings is 1. The lowest BCUT2D eigenvalue weighted by atomic mass is 10.1. The highest BCUT2D eigenvalue weighted by molar-refractivity contribution is 9.11. The second-order valence-corrected chi connectivity index (χ2v) is 7.34. The van der Waals surface area contributed by atoms with Crippen LogP contribution in [-0.2, 0) is 6.18 Å². The van der Waals surface area contributed by atoms with Crippen LogP contribution in [0.5, 0.6) is 0 Å². The number of thiophene rings is 1. The van der Waals surface area contributed by atoms with E-state index < -0.39 is 11.9 Å². The van der Waals surface area contributed by atoms with Gasteiger partial charge in [0.25, 0.3) is 0 Å². The molecule has 1 N–H and O–H groups in total. The van der Waals surface area contributed by atoms with Crippen molar-refractivity contribution in [2.45, 2.75) is 6.18 Å². The smallest absolute Gasteiger partial charge is 0.350 e. The quantitative estimate of drug-likeness (QED) is 0.479. The predicted octanol–water partition coefficient (Wildman–Crippen LogP) is 6.84. The van der Waals surface area contributed by atoms with Gasteiger partial charge in [-0.3, -0.25) is 0 Å². The highest BCUT2D eigenvalue weighted by atomic mass is 79.9. The van der Waals surface area contributed by atoms with Crippen molar-refractivity contribution < 1.29 is 13.2 Å². The predicted molar refractivity (Wildman–Crippen MR) is 87.3 cm³/mol. The molecule has 7 heteroatoms. The first-order valence-corrected chi connectivity index (χ1v) is 8.20. The molecule has 0 bridgehead atoms. The van der Waals surface area contributed by atoms with Gasteiger partial charge in [-0.2, -0.15) is 13.2 Å². The Balaban J connectivity index is 2.14.